The highest BCUT2D eigenvalue weighted by Gasteiger charge is 2.33. The maximum absolute atomic E-state index is 13.0. The number of carbonyl (C=O) groups excluding carboxylic acids is 3. The lowest BCUT2D eigenvalue weighted by Gasteiger charge is -2.30. The van der Waals surface area contributed by atoms with Gasteiger partial charge in [0.25, 0.3) is 0 Å². The fourth-order valence-corrected chi connectivity index (χ4v) is 4.37. The van der Waals surface area contributed by atoms with Crippen molar-refractivity contribution >= 4 is 17.8 Å². The molecular weight excluding hydrogens is 444 g/mol. The van der Waals surface area contributed by atoms with Gasteiger partial charge in [-0.15, -0.1) is 13.2 Å². The van der Waals surface area contributed by atoms with E-state index in [9.17, 15) is 19.5 Å². The van der Waals surface area contributed by atoms with Crippen molar-refractivity contribution in [1.82, 2.24) is 10.2 Å². The molecule has 7 nitrogen and oxygen atoms in total. The molecule has 1 heterocycles. The Balaban J connectivity index is 1.94. The number of hydrogen-bond acceptors (Lipinski definition) is 5. The molecular formula is C28H40N2O5. The number of nitrogens with zero attached hydrogens (tertiary/aromatic N) is 1. The number of aliphatic hydroxyl groups excluding tert-OH is 1. The van der Waals surface area contributed by atoms with E-state index >= 15 is 0 Å². The summed E-state index contributed by atoms with van der Waals surface area (Å²) in [6, 6.07) is 9.56. The predicted octanol–water partition coefficient (Wildman–Crippen LogP) is 3.43. The number of amides is 2. The van der Waals surface area contributed by atoms with Crippen molar-refractivity contribution in [2.24, 2.45) is 11.8 Å². The van der Waals surface area contributed by atoms with Crippen LogP contribution in [-0.4, -0.2) is 59.1 Å². The van der Waals surface area contributed by atoms with Crippen molar-refractivity contribution in [2.45, 2.75) is 64.0 Å². The first kappa shape index (κ1) is 28.3. The van der Waals surface area contributed by atoms with E-state index in [4.69, 9.17) is 4.74 Å². The van der Waals surface area contributed by atoms with Crippen LogP contribution in [0.4, 0.5) is 0 Å². The number of ether oxygens (including phenoxy) is 1. The monoisotopic (exact) mass is 484 g/mol. The minimum Gasteiger partial charge on any atom is -0.463 e. The summed E-state index contributed by atoms with van der Waals surface area (Å²) in [7, 11) is 0. The molecule has 1 saturated heterocycles. The number of hydrogen-bond donors (Lipinski definition) is 2. The van der Waals surface area contributed by atoms with E-state index in [1.165, 1.54) is 0 Å². The number of esters is 1. The zero-order valence-electron chi connectivity index (χ0n) is 21.1. The number of nitrogens with one attached hydrogen (secondary N) is 1. The average Bonchev–Trinajstić information content (AvgIpc) is 3.31. The molecule has 2 N–H and O–H groups in total. The highest BCUT2D eigenvalue weighted by atomic mass is 16.5. The standard InChI is InChI=1S/C28H40N2O5/c1-5-11-22(18-25(32)30-16-10-15-24(30)19-31)26(33)29-28(3,4)20-35-27(34)23(12-6-2)17-21-13-8-7-9-14-21/h5-9,13-14,22-24,31H,1-2,10-12,15-20H2,3-4H3,(H,29,33)/t22-,23+,24-/m0/s1. The second kappa shape index (κ2) is 13.8. The number of likely N-dealkylation sites (tertiary alicyclic amines) is 1. The minimum absolute atomic E-state index is 0.00741. The molecule has 2 rings (SSSR count). The van der Waals surface area contributed by atoms with E-state index in [2.05, 4.69) is 18.5 Å². The molecule has 192 valence electrons. The SMILES string of the molecule is C=CC[C@@H](CC(=O)N1CCC[C@H]1CO)C(=O)NC(C)(C)COC(=O)[C@H](CC=C)Cc1ccccc1. The summed E-state index contributed by atoms with van der Waals surface area (Å²) in [5, 5.41) is 12.4. The third kappa shape index (κ3) is 8.98. The van der Waals surface area contributed by atoms with Gasteiger partial charge in [-0.25, -0.2) is 0 Å². The summed E-state index contributed by atoms with van der Waals surface area (Å²) in [4.78, 5) is 40.3. The van der Waals surface area contributed by atoms with Gasteiger partial charge in [-0.05, 0) is 51.5 Å². The Hall–Kier alpha value is -2.93. The Morgan fingerprint density at radius 3 is 2.46 bits per heavy atom. The van der Waals surface area contributed by atoms with Crippen LogP contribution in [0.3, 0.4) is 0 Å². The van der Waals surface area contributed by atoms with Crippen LogP contribution in [-0.2, 0) is 25.5 Å². The van der Waals surface area contributed by atoms with Gasteiger partial charge in [0.2, 0.25) is 11.8 Å². The molecule has 1 aromatic rings. The van der Waals surface area contributed by atoms with Crippen LogP contribution in [0.15, 0.2) is 55.6 Å². The molecule has 2 amide bonds. The highest BCUT2D eigenvalue weighted by molar-refractivity contribution is 5.86. The smallest absolute Gasteiger partial charge is 0.309 e. The normalized spacial score (nSPS) is 17.3. The Morgan fingerprint density at radius 2 is 1.83 bits per heavy atom. The predicted molar refractivity (Wildman–Crippen MR) is 136 cm³/mol. The molecule has 0 radical (unpaired) electrons. The summed E-state index contributed by atoms with van der Waals surface area (Å²) < 4.78 is 5.60. The molecule has 0 unspecified atom stereocenters. The molecule has 0 saturated carbocycles. The molecule has 1 aliphatic rings. The Kier molecular flexibility index (Phi) is 11.2. The van der Waals surface area contributed by atoms with Crippen LogP contribution in [0.25, 0.3) is 0 Å². The maximum atomic E-state index is 13.0. The van der Waals surface area contributed by atoms with Gasteiger partial charge in [0, 0.05) is 13.0 Å². The highest BCUT2D eigenvalue weighted by Crippen LogP contribution is 2.22. The molecule has 3 atom stereocenters. The van der Waals surface area contributed by atoms with Crippen molar-refractivity contribution in [3.05, 3.63) is 61.2 Å². The summed E-state index contributed by atoms with van der Waals surface area (Å²) in [6.07, 6.45) is 6.40. The first-order valence-electron chi connectivity index (χ1n) is 12.4. The van der Waals surface area contributed by atoms with E-state index in [-0.39, 0.29) is 49.4 Å². The van der Waals surface area contributed by atoms with Gasteiger partial charge in [0.1, 0.15) is 6.61 Å². The molecule has 35 heavy (non-hydrogen) atoms. The third-order valence-corrected chi connectivity index (χ3v) is 6.30. The largest absolute Gasteiger partial charge is 0.463 e. The van der Waals surface area contributed by atoms with E-state index in [0.717, 1.165) is 18.4 Å². The quantitative estimate of drug-likeness (QED) is 0.312. The van der Waals surface area contributed by atoms with E-state index < -0.39 is 11.5 Å². The van der Waals surface area contributed by atoms with Crippen molar-refractivity contribution in [3.63, 3.8) is 0 Å². The number of benzene rings is 1. The van der Waals surface area contributed by atoms with Gasteiger partial charge in [0.05, 0.1) is 30.0 Å². The molecule has 0 spiro atoms. The van der Waals surface area contributed by atoms with E-state index in [0.29, 0.717) is 25.8 Å². The Morgan fingerprint density at radius 1 is 1.17 bits per heavy atom. The summed E-state index contributed by atoms with van der Waals surface area (Å²) in [5.74, 6) is -1.70. The fourth-order valence-electron chi connectivity index (χ4n) is 4.37. The summed E-state index contributed by atoms with van der Waals surface area (Å²) >= 11 is 0. The molecule has 7 heteroatoms. The molecule has 0 aromatic heterocycles. The van der Waals surface area contributed by atoms with Crippen molar-refractivity contribution < 1.29 is 24.2 Å². The number of rotatable bonds is 14. The van der Waals surface area contributed by atoms with Gasteiger partial charge in [-0.2, -0.15) is 0 Å². The zero-order valence-corrected chi connectivity index (χ0v) is 21.1. The molecule has 0 bridgehead atoms. The van der Waals surface area contributed by atoms with Crippen LogP contribution in [0.5, 0.6) is 0 Å². The second-order valence-corrected chi connectivity index (χ2v) is 9.88. The zero-order chi connectivity index (χ0) is 25.8. The van der Waals surface area contributed by atoms with Gasteiger partial charge in [-0.1, -0.05) is 42.5 Å². The van der Waals surface area contributed by atoms with E-state index in [1.54, 1.807) is 30.9 Å². The second-order valence-electron chi connectivity index (χ2n) is 9.88. The van der Waals surface area contributed by atoms with Gasteiger partial charge < -0.3 is 20.1 Å². The van der Waals surface area contributed by atoms with Crippen LogP contribution in [0.1, 0.15) is 51.5 Å². The molecule has 1 fully saturated rings. The summed E-state index contributed by atoms with van der Waals surface area (Å²) in [6.45, 7) is 11.6. The van der Waals surface area contributed by atoms with Gasteiger partial charge in [0.15, 0.2) is 0 Å². The maximum Gasteiger partial charge on any atom is 0.309 e. The van der Waals surface area contributed by atoms with Crippen molar-refractivity contribution in [2.75, 3.05) is 19.8 Å². The number of allylic oxidation sites excluding steroid dienone is 2. The number of aliphatic hydroxyl groups is 1. The summed E-state index contributed by atoms with van der Waals surface area (Å²) in [5.41, 5.74) is 0.226. The van der Waals surface area contributed by atoms with Crippen molar-refractivity contribution in [3.8, 4) is 0 Å². The lowest BCUT2D eigenvalue weighted by atomic mass is 9.96. The first-order valence-corrected chi connectivity index (χ1v) is 12.4. The average molecular weight is 485 g/mol. The number of carbonyl (C=O) groups is 3. The Bertz CT molecular complexity index is 867. The Labute approximate surface area is 209 Å². The molecule has 1 aliphatic heterocycles. The lowest BCUT2D eigenvalue weighted by Crippen LogP contribution is -2.50. The lowest BCUT2D eigenvalue weighted by molar-refractivity contribution is -0.151. The molecule has 0 aliphatic carbocycles. The molecule has 1 aromatic carbocycles. The topological polar surface area (TPSA) is 95.9 Å². The van der Waals surface area contributed by atoms with E-state index in [1.807, 2.05) is 30.3 Å². The van der Waals surface area contributed by atoms with Gasteiger partial charge in [-0.3, -0.25) is 14.4 Å². The van der Waals surface area contributed by atoms with Crippen LogP contribution in [0, 0.1) is 11.8 Å². The fraction of sp³-hybridized carbons (Fsp3) is 0.536. The van der Waals surface area contributed by atoms with Crippen molar-refractivity contribution in [1.29, 1.82) is 0 Å². The third-order valence-electron chi connectivity index (χ3n) is 6.30. The van der Waals surface area contributed by atoms with Crippen LogP contribution in [0.2, 0.25) is 0 Å². The first-order chi connectivity index (χ1) is 16.7. The van der Waals surface area contributed by atoms with Crippen LogP contribution >= 0.6 is 0 Å². The van der Waals surface area contributed by atoms with Gasteiger partial charge >= 0.3 is 5.97 Å². The minimum atomic E-state index is -0.817. The van der Waals surface area contributed by atoms with Crippen LogP contribution < -0.4 is 5.32 Å².